The van der Waals surface area contributed by atoms with Gasteiger partial charge in [0.25, 0.3) is 0 Å². The van der Waals surface area contributed by atoms with Gasteiger partial charge in [-0.15, -0.1) is 0 Å². The molecule has 1 heterocycles. The van der Waals surface area contributed by atoms with Crippen molar-refractivity contribution < 1.29 is 4.79 Å². The van der Waals surface area contributed by atoms with E-state index in [2.05, 4.69) is 9.97 Å². The van der Waals surface area contributed by atoms with Crippen molar-refractivity contribution in [2.45, 2.75) is 6.42 Å². The minimum absolute atomic E-state index is 0.255. The molecular formula is C10H9N3O. The van der Waals surface area contributed by atoms with E-state index in [4.69, 9.17) is 5.73 Å². The van der Waals surface area contributed by atoms with Crippen LogP contribution in [-0.4, -0.2) is 15.9 Å². The maximum Gasteiger partial charge on any atom is 0.221 e. The number of aromatic nitrogens is 2. The predicted octanol–water partition coefficient (Wildman–Crippen LogP) is 0.658. The van der Waals surface area contributed by atoms with Gasteiger partial charge in [0.2, 0.25) is 5.91 Å². The van der Waals surface area contributed by atoms with Gasteiger partial charge in [-0.05, 0) is 17.7 Å². The van der Waals surface area contributed by atoms with E-state index in [1.54, 1.807) is 6.20 Å². The first-order chi connectivity index (χ1) is 6.75. The van der Waals surface area contributed by atoms with E-state index in [0.717, 1.165) is 16.5 Å². The van der Waals surface area contributed by atoms with Crippen molar-refractivity contribution >= 4 is 16.8 Å². The number of carbonyl (C=O) groups is 1. The number of hydrogen-bond acceptors (Lipinski definition) is 3. The summed E-state index contributed by atoms with van der Waals surface area (Å²) in [5, 5.41) is 0.922. The van der Waals surface area contributed by atoms with E-state index < -0.39 is 0 Å². The van der Waals surface area contributed by atoms with Gasteiger partial charge in [0.05, 0.1) is 11.9 Å². The summed E-state index contributed by atoms with van der Waals surface area (Å²) in [6.45, 7) is 0. The fraction of sp³-hybridized carbons (Fsp3) is 0.100. The summed E-state index contributed by atoms with van der Waals surface area (Å²) in [5.74, 6) is -0.332. The molecule has 0 atom stereocenters. The molecule has 0 fully saturated rings. The Kier molecular flexibility index (Phi) is 2.10. The van der Waals surface area contributed by atoms with Crippen LogP contribution in [0.25, 0.3) is 10.9 Å². The van der Waals surface area contributed by atoms with Gasteiger partial charge in [-0.3, -0.25) is 4.79 Å². The average molecular weight is 187 g/mol. The van der Waals surface area contributed by atoms with Crippen LogP contribution >= 0.6 is 0 Å². The van der Waals surface area contributed by atoms with Crippen molar-refractivity contribution in [3.63, 3.8) is 0 Å². The summed E-state index contributed by atoms with van der Waals surface area (Å²) in [7, 11) is 0. The van der Waals surface area contributed by atoms with E-state index in [0.29, 0.717) is 0 Å². The molecule has 0 bridgehead atoms. The molecule has 0 saturated heterocycles. The first-order valence-corrected chi connectivity index (χ1v) is 4.22. The van der Waals surface area contributed by atoms with Crippen molar-refractivity contribution in [3.05, 3.63) is 36.3 Å². The lowest BCUT2D eigenvalue weighted by atomic mass is 10.1. The fourth-order valence-electron chi connectivity index (χ4n) is 1.35. The van der Waals surface area contributed by atoms with Crippen LogP contribution in [0.2, 0.25) is 0 Å². The highest BCUT2D eigenvalue weighted by Gasteiger charge is 2.00. The van der Waals surface area contributed by atoms with Crippen molar-refractivity contribution in [3.8, 4) is 0 Å². The Morgan fingerprint density at radius 2 is 2.29 bits per heavy atom. The lowest BCUT2D eigenvalue weighted by Gasteiger charge is -1.99. The summed E-state index contributed by atoms with van der Waals surface area (Å²) in [5.41, 5.74) is 6.86. The van der Waals surface area contributed by atoms with E-state index >= 15 is 0 Å². The molecule has 0 saturated carbocycles. The summed E-state index contributed by atoms with van der Waals surface area (Å²) in [6, 6.07) is 5.58. The van der Waals surface area contributed by atoms with Gasteiger partial charge in [0.1, 0.15) is 6.33 Å². The Morgan fingerprint density at radius 1 is 1.43 bits per heavy atom. The Bertz CT molecular complexity index is 482. The van der Waals surface area contributed by atoms with E-state index in [1.807, 2.05) is 18.2 Å². The Labute approximate surface area is 80.8 Å². The highest BCUT2D eigenvalue weighted by molar-refractivity contribution is 5.81. The number of carbonyl (C=O) groups excluding carboxylic acids is 1. The molecule has 2 aromatic rings. The quantitative estimate of drug-likeness (QED) is 0.750. The van der Waals surface area contributed by atoms with E-state index in [-0.39, 0.29) is 12.3 Å². The molecule has 1 aromatic heterocycles. The van der Waals surface area contributed by atoms with Gasteiger partial charge >= 0.3 is 0 Å². The van der Waals surface area contributed by atoms with Crippen molar-refractivity contribution in [2.75, 3.05) is 0 Å². The second kappa shape index (κ2) is 3.41. The van der Waals surface area contributed by atoms with Gasteiger partial charge in [-0.1, -0.05) is 6.07 Å². The van der Waals surface area contributed by atoms with Crippen LogP contribution in [0.1, 0.15) is 5.56 Å². The van der Waals surface area contributed by atoms with E-state index in [9.17, 15) is 4.79 Å². The number of amides is 1. The molecule has 0 radical (unpaired) electrons. The molecule has 14 heavy (non-hydrogen) atoms. The molecule has 0 aliphatic heterocycles. The maximum atomic E-state index is 10.7. The van der Waals surface area contributed by atoms with E-state index in [1.165, 1.54) is 6.33 Å². The van der Waals surface area contributed by atoms with Gasteiger partial charge in [0.15, 0.2) is 0 Å². The van der Waals surface area contributed by atoms with Gasteiger partial charge in [-0.25, -0.2) is 9.97 Å². The Balaban J connectivity index is 2.46. The molecule has 4 heteroatoms. The van der Waals surface area contributed by atoms with Crippen LogP contribution < -0.4 is 5.73 Å². The molecule has 0 aliphatic carbocycles. The standard InChI is InChI=1S/C10H9N3O/c11-10(14)4-7-1-2-9-8(3-7)5-12-6-13-9/h1-3,5-6H,4H2,(H2,11,14). The number of fused-ring (bicyclic) bond motifs is 1. The molecule has 0 aliphatic rings. The van der Waals surface area contributed by atoms with Gasteiger partial charge in [-0.2, -0.15) is 0 Å². The minimum atomic E-state index is -0.332. The number of nitrogens with two attached hydrogens (primary N) is 1. The number of rotatable bonds is 2. The number of nitrogens with zero attached hydrogens (tertiary/aromatic N) is 2. The highest BCUT2D eigenvalue weighted by atomic mass is 16.1. The summed E-state index contributed by atoms with van der Waals surface area (Å²) in [4.78, 5) is 18.7. The minimum Gasteiger partial charge on any atom is -0.369 e. The van der Waals surface area contributed by atoms with Gasteiger partial charge in [0, 0.05) is 11.6 Å². The van der Waals surface area contributed by atoms with Crippen molar-refractivity contribution in [1.82, 2.24) is 9.97 Å². The lowest BCUT2D eigenvalue weighted by molar-refractivity contribution is -0.117. The highest BCUT2D eigenvalue weighted by Crippen LogP contribution is 2.12. The van der Waals surface area contributed by atoms with Crippen LogP contribution in [0.3, 0.4) is 0 Å². The Morgan fingerprint density at radius 3 is 3.07 bits per heavy atom. The van der Waals surface area contributed by atoms with Crippen LogP contribution in [0.15, 0.2) is 30.7 Å². The average Bonchev–Trinajstić information content (AvgIpc) is 2.17. The predicted molar refractivity (Wildman–Crippen MR) is 52.4 cm³/mol. The van der Waals surface area contributed by atoms with Crippen molar-refractivity contribution in [1.29, 1.82) is 0 Å². The zero-order valence-electron chi connectivity index (χ0n) is 7.47. The number of hydrogen-bond donors (Lipinski definition) is 1. The lowest BCUT2D eigenvalue weighted by Crippen LogP contribution is -2.13. The molecule has 2 rings (SSSR count). The summed E-state index contributed by atoms with van der Waals surface area (Å²) in [6.07, 6.45) is 3.47. The Hall–Kier alpha value is -1.97. The number of benzene rings is 1. The van der Waals surface area contributed by atoms with Crippen LogP contribution in [0, 0.1) is 0 Å². The normalized spacial score (nSPS) is 10.3. The topological polar surface area (TPSA) is 68.9 Å². The van der Waals surface area contributed by atoms with Crippen LogP contribution in [0.5, 0.6) is 0 Å². The molecule has 0 unspecified atom stereocenters. The zero-order chi connectivity index (χ0) is 9.97. The molecule has 2 N–H and O–H groups in total. The second-order valence-corrected chi connectivity index (χ2v) is 3.06. The summed E-state index contributed by atoms with van der Waals surface area (Å²) < 4.78 is 0. The molecular weight excluding hydrogens is 178 g/mol. The van der Waals surface area contributed by atoms with Crippen LogP contribution in [-0.2, 0) is 11.2 Å². The first kappa shape index (κ1) is 8.62. The smallest absolute Gasteiger partial charge is 0.221 e. The molecule has 4 nitrogen and oxygen atoms in total. The summed E-state index contributed by atoms with van der Waals surface area (Å²) >= 11 is 0. The van der Waals surface area contributed by atoms with Crippen LogP contribution in [0.4, 0.5) is 0 Å². The molecule has 0 spiro atoms. The zero-order valence-corrected chi connectivity index (χ0v) is 7.47. The molecule has 1 amide bonds. The molecule has 1 aromatic carbocycles. The monoisotopic (exact) mass is 187 g/mol. The maximum absolute atomic E-state index is 10.7. The third-order valence-corrected chi connectivity index (χ3v) is 1.95. The second-order valence-electron chi connectivity index (χ2n) is 3.06. The fourth-order valence-corrected chi connectivity index (χ4v) is 1.35. The third kappa shape index (κ3) is 1.69. The largest absolute Gasteiger partial charge is 0.369 e. The number of primary amides is 1. The molecule has 70 valence electrons. The van der Waals surface area contributed by atoms with Gasteiger partial charge < -0.3 is 5.73 Å². The SMILES string of the molecule is NC(=O)Cc1ccc2ncncc2c1. The van der Waals surface area contributed by atoms with Crippen molar-refractivity contribution in [2.24, 2.45) is 5.73 Å². The first-order valence-electron chi connectivity index (χ1n) is 4.22. The third-order valence-electron chi connectivity index (χ3n) is 1.95.